The van der Waals surface area contributed by atoms with Gasteiger partial charge in [0.25, 0.3) is 5.91 Å². The van der Waals surface area contributed by atoms with Crippen LogP contribution in [0.15, 0.2) is 41.0 Å². The van der Waals surface area contributed by atoms with Crippen molar-refractivity contribution < 1.29 is 13.6 Å². The number of fused-ring (bicyclic) bond motifs is 1. The number of aromatic nitrogens is 1. The minimum absolute atomic E-state index is 0.0127. The third-order valence-electron chi connectivity index (χ3n) is 5.08. The van der Waals surface area contributed by atoms with Gasteiger partial charge in [-0.2, -0.15) is 0 Å². The molecule has 5 nitrogen and oxygen atoms in total. The van der Waals surface area contributed by atoms with Gasteiger partial charge in [-0.25, -0.2) is 4.39 Å². The molecular weight excluding hydrogens is 333 g/mol. The number of hydrogen-bond acceptors (Lipinski definition) is 3. The van der Waals surface area contributed by atoms with Gasteiger partial charge >= 0.3 is 0 Å². The molecule has 136 valence electrons. The van der Waals surface area contributed by atoms with E-state index in [0.29, 0.717) is 17.5 Å². The lowest BCUT2D eigenvalue weighted by molar-refractivity contribution is 0.0935. The molecule has 1 saturated heterocycles. The number of nitrogens with zero attached hydrogens (tertiary/aromatic N) is 1. The molecule has 0 aliphatic carbocycles. The lowest BCUT2D eigenvalue weighted by atomic mass is 10.1. The van der Waals surface area contributed by atoms with E-state index in [4.69, 9.17) is 4.42 Å². The number of carbonyl (C=O) groups excluding carboxylic acids is 1. The maximum absolute atomic E-state index is 13.6. The summed E-state index contributed by atoms with van der Waals surface area (Å²) in [4.78, 5) is 18.3. The number of hydrogen-bond donors (Lipinski definition) is 2. The monoisotopic (exact) mass is 355 g/mol. The number of halogens is 1. The zero-order chi connectivity index (χ0) is 18.1. The fourth-order valence-corrected chi connectivity index (χ4v) is 3.81. The molecule has 1 aliphatic rings. The number of benzene rings is 1. The molecule has 1 atom stereocenters. The molecule has 0 radical (unpaired) electrons. The first-order valence-electron chi connectivity index (χ1n) is 8.97. The van der Waals surface area contributed by atoms with Crippen LogP contribution in [0.1, 0.15) is 40.7 Å². The van der Waals surface area contributed by atoms with Crippen molar-refractivity contribution in [3.8, 4) is 0 Å². The van der Waals surface area contributed by atoms with Crippen LogP contribution in [0, 0.1) is 12.7 Å². The normalized spacial score (nSPS) is 16.2. The van der Waals surface area contributed by atoms with Crippen molar-refractivity contribution in [2.75, 3.05) is 19.6 Å². The lowest BCUT2D eigenvalue weighted by Crippen LogP contribution is -2.36. The summed E-state index contributed by atoms with van der Waals surface area (Å²) < 4.78 is 19.2. The summed E-state index contributed by atoms with van der Waals surface area (Å²) in [5, 5.41) is 3.63. The number of furan rings is 1. The Bertz CT molecular complexity index is 911. The largest absolute Gasteiger partial charge is 0.468 e. The molecule has 0 spiro atoms. The minimum Gasteiger partial charge on any atom is -0.468 e. The third-order valence-corrected chi connectivity index (χ3v) is 5.08. The maximum Gasteiger partial charge on any atom is 0.253 e. The molecular formula is C20H22FN3O2. The van der Waals surface area contributed by atoms with Crippen LogP contribution in [-0.4, -0.2) is 35.4 Å². The Morgan fingerprint density at radius 3 is 2.88 bits per heavy atom. The van der Waals surface area contributed by atoms with Crippen LogP contribution < -0.4 is 5.32 Å². The van der Waals surface area contributed by atoms with Gasteiger partial charge in [-0.15, -0.1) is 0 Å². The van der Waals surface area contributed by atoms with E-state index in [1.54, 1.807) is 12.3 Å². The van der Waals surface area contributed by atoms with E-state index >= 15 is 0 Å². The molecule has 1 amide bonds. The average Bonchev–Trinajstić information content (AvgIpc) is 3.35. The third kappa shape index (κ3) is 3.12. The maximum atomic E-state index is 13.6. The molecule has 1 unspecified atom stereocenters. The summed E-state index contributed by atoms with van der Waals surface area (Å²) in [5.41, 5.74) is 1.99. The van der Waals surface area contributed by atoms with Crippen molar-refractivity contribution in [2.24, 2.45) is 0 Å². The van der Waals surface area contributed by atoms with Crippen LogP contribution in [0.4, 0.5) is 4.39 Å². The van der Waals surface area contributed by atoms with Crippen LogP contribution in [0.3, 0.4) is 0 Å². The first kappa shape index (κ1) is 16.8. The van der Waals surface area contributed by atoms with Gasteiger partial charge in [0.05, 0.1) is 17.9 Å². The van der Waals surface area contributed by atoms with Gasteiger partial charge in [-0.3, -0.25) is 9.69 Å². The van der Waals surface area contributed by atoms with Gasteiger partial charge in [0.2, 0.25) is 0 Å². The summed E-state index contributed by atoms with van der Waals surface area (Å²) in [6, 6.07) is 8.27. The van der Waals surface area contributed by atoms with Crippen LogP contribution in [-0.2, 0) is 0 Å². The summed E-state index contributed by atoms with van der Waals surface area (Å²) in [7, 11) is 0. The highest BCUT2D eigenvalue weighted by Crippen LogP contribution is 2.26. The first-order valence-corrected chi connectivity index (χ1v) is 8.97. The van der Waals surface area contributed by atoms with Crippen LogP contribution >= 0.6 is 0 Å². The molecule has 26 heavy (non-hydrogen) atoms. The number of aryl methyl sites for hydroxylation is 1. The van der Waals surface area contributed by atoms with E-state index in [0.717, 1.165) is 42.9 Å². The number of likely N-dealkylation sites (tertiary alicyclic amines) is 1. The van der Waals surface area contributed by atoms with Gasteiger partial charge in [0.15, 0.2) is 0 Å². The quantitative estimate of drug-likeness (QED) is 0.732. The van der Waals surface area contributed by atoms with Gasteiger partial charge in [0, 0.05) is 23.1 Å². The van der Waals surface area contributed by atoms with Gasteiger partial charge in [0.1, 0.15) is 11.6 Å². The van der Waals surface area contributed by atoms with Crippen LogP contribution in [0.5, 0.6) is 0 Å². The number of aromatic amines is 1. The Kier molecular flexibility index (Phi) is 4.51. The zero-order valence-electron chi connectivity index (χ0n) is 14.7. The smallest absolute Gasteiger partial charge is 0.253 e. The molecule has 2 aromatic heterocycles. The van der Waals surface area contributed by atoms with Crippen molar-refractivity contribution in [3.63, 3.8) is 0 Å². The Morgan fingerprint density at radius 2 is 2.15 bits per heavy atom. The number of carbonyl (C=O) groups is 1. The highest BCUT2D eigenvalue weighted by molar-refractivity contribution is 6.08. The summed E-state index contributed by atoms with van der Waals surface area (Å²) in [6.07, 6.45) is 3.98. The standard InChI is InChI=1S/C20H22FN3O2/c1-13-19(15-11-14(21)6-7-16(15)23-13)20(25)22-12-17(18-5-4-10-26-18)24-8-2-3-9-24/h4-7,10-11,17,23H,2-3,8-9,12H2,1H3,(H,22,25). The van der Waals surface area contributed by atoms with Gasteiger partial charge in [-0.1, -0.05) is 0 Å². The van der Waals surface area contributed by atoms with E-state index in [-0.39, 0.29) is 17.8 Å². The first-order chi connectivity index (χ1) is 12.6. The second kappa shape index (κ2) is 6.96. The molecule has 6 heteroatoms. The Hall–Kier alpha value is -2.60. The van der Waals surface area contributed by atoms with Crippen molar-refractivity contribution in [2.45, 2.75) is 25.8 Å². The highest BCUT2D eigenvalue weighted by Gasteiger charge is 2.26. The Labute approximate surface area is 151 Å². The summed E-state index contributed by atoms with van der Waals surface area (Å²) in [6.45, 7) is 4.28. The highest BCUT2D eigenvalue weighted by atomic mass is 19.1. The predicted molar refractivity (Wildman–Crippen MR) is 97.6 cm³/mol. The molecule has 0 bridgehead atoms. The van der Waals surface area contributed by atoms with Crippen molar-refractivity contribution in [1.29, 1.82) is 0 Å². The average molecular weight is 355 g/mol. The lowest BCUT2D eigenvalue weighted by Gasteiger charge is -2.26. The summed E-state index contributed by atoms with van der Waals surface area (Å²) >= 11 is 0. The van der Waals surface area contributed by atoms with Crippen molar-refractivity contribution >= 4 is 16.8 Å². The van der Waals surface area contributed by atoms with Crippen LogP contribution in [0.25, 0.3) is 10.9 Å². The number of amides is 1. The minimum atomic E-state index is -0.351. The van der Waals surface area contributed by atoms with Gasteiger partial charge < -0.3 is 14.7 Å². The fraction of sp³-hybridized carbons (Fsp3) is 0.350. The second-order valence-corrected chi connectivity index (χ2v) is 6.80. The molecule has 1 aliphatic heterocycles. The van der Waals surface area contributed by atoms with Crippen molar-refractivity contribution in [3.05, 3.63) is 59.4 Å². The topological polar surface area (TPSA) is 61.3 Å². The van der Waals surface area contributed by atoms with E-state index < -0.39 is 0 Å². The Balaban J connectivity index is 1.56. The van der Waals surface area contributed by atoms with Crippen molar-refractivity contribution in [1.82, 2.24) is 15.2 Å². The fourth-order valence-electron chi connectivity index (χ4n) is 3.81. The SMILES string of the molecule is Cc1[nH]c2ccc(F)cc2c1C(=O)NCC(c1ccco1)N1CCCC1. The Morgan fingerprint density at radius 1 is 1.35 bits per heavy atom. The van der Waals surface area contributed by atoms with E-state index in [1.165, 1.54) is 12.1 Å². The zero-order valence-corrected chi connectivity index (χ0v) is 14.7. The number of nitrogens with one attached hydrogen (secondary N) is 2. The molecule has 2 N–H and O–H groups in total. The van der Waals surface area contributed by atoms with Gasteiger partial charge in [-0.05, 0) is 63.2 Å². The van der Waals surface area contributed by atoms with E-state index in [2.05, 4.69) is 15.2 Å². The molecule has 3 heterocycles. The van der Waals surface area contributed by atoms with E-state index in [1.807, 2.05) is 19.1 Å². The van der Waals surface area contributed by atoms with Crippen LogP contribution in [0.2, 0.25) is 0 Å². The second-order valence-electron chi connectivity index (χ2n) is 6.80. The van der Waals surface area contributed by atoms with E-state index in [9.17, 15) is 9.18 Å². The molecule has 0 saturated carbocycles. The summed E-state index contributed by atoms with van der Waals surface area (Å²) in [5.74, 6) is 0.306. The number of H-pyrrole nitrogens is 1. The predicted octanol–water partition coefficient (Wildman–Crippen LogP) is 3.78. The molecule has 1 fully saturated rings. The molecule has 3 aromatic rings. The number of rotatable bonds is 5. The molecule has 1 aromatic carbocycles. The molecule has 4 rings (SSSR count).